The van der Waals surface area contributed by atoms with E-state index in [9.17, 15) is 9.59 Å². The van der Waals surface area contributed by atoms with Crippen LogP contribution >= 0.6 is 0 Å². The highest BCUT2D eigenvalue weighted by molar-refractivity contribution is 6.34. The Morgan fingerprint density at radius 3 is 1.95 bits per heavy atom. The van der Waals surface area contributed by atoms with Crippen LogP contribution in [-0.2, 0) is 19.1 Å². The third-order valence-corrected chi connectivity index (χ3v) is 4.04. The van der Waals surface area contributed by atoms with E-state index in [1.165, 1.54) is 11.3 Å². The van der Waals surface area contributed by atoms with Crippen LogP contribution in [0.3, 0.4) is 0 Å². The van der Waals surface area contributed by atoms with Crippen LogP contribution in [0.15, 0.2) is 0 Å². The second-order valence-electron chi connectivity index (χ2n) is 5.49. The number of ether oxygens (including phenoxy) is 2. The Labute approximate surface area is 127 Å². The van der Waals surface area contributed by atoms with Gasteiger partial charge in [-0.2, -0.15) is 0 Å². The standard InChI is InChI=1S/C15H28N2O4/c1-16(13-7-5-4-6-8-13)14(18)15(19)17(9-11-20-2)10-12-21-3/h13H,4-12H2,1-3H3. The first-order valence-electron chi connectivity index (χ1n) is 7.65. The molecule has 0 aromatic carbocycles. The highest BCUT2D eigenvalue weighted by atomic mass is 16.5. The highest BCUT2D eigenvalue weighted by Crippen LogP contribution is 2.21. The number of hydrogen-bond donors (Lipinski definition) is 0. The van der Waals surface area contributed by atoms with Gasteiger partial charge >= 0.3 is 11.8 Å². The summed E-state index contributed by atoms with van der Waals surface area (Å²) in [5.74, 6) is -0.883. The lowest BCUT2D eigenvalue weighted by atomic mass is 9.94. The van der Waals surface area contributed by atoms with E-state index >= 15 is 0 Å². The Hall–Kier alpha value is -1.14. The van der Waals surface area contributed by atoms with Crippen LogP contribution in [0.5, 0.6) is 0 Å². The minimum atomic E-state index is -0.461. The minimum absolute atomic E-state index is 0.196. The van der Waals surface area contributed by atoms with Gasteiger partial charge in [0.25, 0.3) is 0 Å². The molecule has 0 spiro atoms. The lowest BCUT2D eigenvalue weighted by Crippen LogP contribution is -2.49. The Morgan fingerprint density at radius 1 is 0.952 bits per heavy atom. The molecule has 2 amide bonds. The Bertz CT molecular complexity index is 322. The number of carbonyl (C=O) groups is 2. The molecule has 1 fully saturated rings. The minimum Gasteiger partial charge on any atom is -0.383 e. The monoisotopic (exact) mass is 300 g/mol. The molecule has 0 unspecified atom stereocenters. The molecule has 21 heavy (non-hydrogen) atoms. The van der Waals surface area contributed by atoms with Crippen LogP contribution in [0.1, 0.15) is 32.1 Å². The summed E-state index contributed by atoms with van der Waals surface area (Å²) in [7, 11) is 4.89. The number of hydrogen-bond acceptors (Lipinski definition) is 4. The lowest BCUT2D eigenvalue weighted by Gasteiger charge is -2.32. The van der Waals surface area contributed by atoms with E-state index in [4.69, 9.17) is 9.47 Å². The van der Waals surface area contributed by atoms with Gasteiger partial charge in [0.05, 0.1) is 13.2 Å². The summed E-state index contributed by atoms with van der Waals surface area (Å²) in [6.07, 6.45) is 5.47. The fraction of sp³-hybridized carbons (Fsp3) is 0.867. The smallest absolute Gasteiger partial charge is 0.312 e. The van der Waals surface area contributed by atoms with Crippen LogP contribution < -0.4 is 0 Å². The average molecular weight is 300 g/mol. The summed E-state index contributed by atoms with van der Waals surface area (Å²) in [6.45, 7) is 1.64. The van der Waals surface area contributed by atoms with Crippen molar-refractivity contribution in [1.29, 1.82) is 0 Å². The quantitative estimate of drug-likeness (QED) is 0.656. The molecule has 1 aliphatic carbocycles. The maximum Gasteiger partial charge on any atom is 0.312 e. The van der Waals surface area contributed by atoms with Crippen molar-refractivity contribution in [2.75, 3.05) is 47.6 Å². The van der Waals surface area contributed by atoms with Crippen molar-refractivity contribution in [3.63, 3.8) is 0 Å². The van der Waals surface area contributed by atoms with Gasteiger partial charge in [-0.15, -0.1) is 0 Å². The Kier molecular flexibility index (Phi) is 8.30. The van der Waals surface area contributed by atoms with Gasteiger partial charge in [-0.25, -0.2) is 0 Å². The first-order valence-corrected chi connectivity index (χ1v) is 7.65. The molecule has 1 saturated carbocycles. The van der Waals surface area contributed by atoms with Gasteiger partial charge in [-0.3, -0.25) is 9.59 Å². The second kappa shape index (κ2) is 9.73. The fourth-order valence-corrected chi connectivity index (χ4v) is 2.64. The normalized spacial score (nSPS) is 15.8. The summed E-state index contributed by atoms with van der Waals surface area (Å²) >= 11 is 0. The van der Waals surface area contributed by atoms with E-state index in [0.717, 1.165) is 25.7 Å². The van der Waals surface area contributed by atoms with Gasteiger partial charge in [0.2, 0.25) is 0 Å². The van der Waals surface area contributed by atoms with Crippen molar-refractivity contribution in [3.05, 3.63) is 0 Å². The number of likely N-dealkylation sites (N-methyl/N-ethyl adjacent to an activating group) is 1. The van der Waals surface area contributed by atoms with Crippen LogP contribution in [0, 0.1) is 0 Å². The van der Waals surface area contributed by atoms with Crippen molar-refractivity contribution in [3.8, 4) is 0 Å². The van der Waals surface area contributed by atoms with Gasteiger partial charge in [0.15, 0.2) is 0 Å². The van der Waals surface area contributed by atoms with Crippen molar-refractivity contribution in [2.24, 2.45) is 0 Å². The van der Waals surface area contributed by atoms with E-state index in [-0.39, 0.29) is 6.04 Å². The molecule has 0 aliphatic heterocycles. The number of rotatable bonds is 7. The number of methoxy groups -OCH3 is 2. The third kappa shape index (κ3) is 5.63. The molecule has 6 heteroatoms. The molecule has 0 aromatic heterocycles. The van der Waals surface area contributed by atoms with E-state index < -0.39 is 11.8 Å². The SMILES string of the molecule is COCCN(CCOC)C(=O)C(=O)N(C)C1CCCCC1. The predicted molar refractivity (Wildman–Crippen MR) is 80.0 cm³/mol. The van der Waals surface area contributed by atoms with Crippen LogP contribution in [0.2, 0.25) is 0 Å². The lowest BCUT2D eigenvalue weighted by molar-refractivity contribution is -0.153. The second-order valence-corrected chi connectivity index (χ2v) is 5.49. The number of amides is 2. The summed E-state index contributed by atoms with van der Waals surface area (Å²) in [5.41, 5.74) is 0. The first-order chi connectivity index (χ1) is 10.1. The third-order valence-electron chi connectivity index (χ3n) is 4.04. The average Bonchev–Trinajstić information content (AvgIpc) is 2.54. The summed E-state index contributed by atoms with van der Waals surface area (Å²) in [5, 5.41) is 0. The number of nitrogens with zero attached hydrogens (tertiary/aromatic N) is 2. The van der Waals surface area contributed by atoms with Crippen LogP contribution in [-0.4, -0.2) is 75.2 Å². The van der Waals surface area contributed by atoms with Crippen molar-refractivity contribution in [2.45, 2.75) is 38.1 Å². The molecule has 0 N–H and O–H groups in total. The largest absolute Gasteiger partial charge is 0.383 e. The maximum absolute atomic E-state index is 12.4. The summed E-state index contributed by atoms with van der Waals surface area (Å²) < 4.78 is 10.00. The first kappa shape index (κ1) is 17.9. The number of carbonyl (C=O) groups excluding carboxylic acids is 2. The van der Waals surface area contributed by atoms with E-state index in [1.54, 1.807) is 26.2 Å². The molecule has 6 nitrogen and oxygen atoms in total. The predicted octanol–water partition coefficient (Wildman–Crippen LogP) is 0.899. The van der Waals surface area contributed by atoms with Crippen LogP contribution in [0.25, 0.3) is 0 Å². The highest BCUT2D eigenvalue weighted by Gasteiger charge is 2.29. The van der Waals surface area contributed by atoms with Gasteiger partial charge in [-0.1, -0.05) is 19.3 Å². The molecular formula is C15H28N2O4. The van der Waals surface area contributed by atoms with Gasteiger partial charge in [0, 0.05) is 40.4 Å². The zero-order valence-electron chi connectivity index (χ0n) is 13.5. The van der Waals surface area contributed by atoms with Gasteiger partial charge in [0.1, 0.15) is 0 Å². The molecule has 0 aromatic rings. The van der Waals surface area contributed by atoms with Gasteiger partial charge in [-0.05, 0) is 12.8 Å². The fourth-order valence-electron chi connectivity index (χ4n) is 2.64. The van der Waals surface area contributed by atoms with E-state index in [1.807, 2.05) is 0 Å². The molecule has 1 aliphatic rings. The zero-order valence-corrected chi connectivity index (χ0v) is 13.5. The molecule has 0 bridgehead atoms. The maximum atomic E-state index is 12.4. The van der Waals surface area contributed by atoms with E-state index in [0.29, 0.717) is 26.3 Å². The van der Waals surface area contributed by atoms with Crippen molar-refractivity contribution >= 4 is 11.8 Å². The Balaban J connectivity index is 2.59. The molecule has 0 atom stereocenters. The zero-order chi connectivity index (χ0) is 15.7. The molecular weight excluding hydrogens is 272 g/mol. The molecule has 1 rings (SSSR count). The molecule has 0 radical (unpaired) electrons. The molecule has 0 heterocycles. The topological polar surface area (TPSA) is 59.1 Å². The van der Waals surface area contributed by atoms with Crippen molar-refractivity contribution < 1.29 is 19.1 Å². The Morgan fingerprint density at radius 2 is 1.48 bits per heavy atom. The van der Waals surface area contributed by atoms with Crippen LogP contribution in [0.4, 0.5) is 0 Å². The summed E-state index contributed by atoms with van der Waals surface area (Å²) in [6, 6.07) is 0.196. The van der Waals surface area contributed by atoms with Crippen molar-refractivity contribution in [1.82, 2.24) is 9.80 Å². The van der Waals surface area contributed by atoms with Gasteiger partial charge < -0.3 is 19.3 Å². The molecule has 122 valence electrons. The van der Waals surface area contributed by atoms with E-state index in [2.05, 4.69) is 0 Å². The summed E-state index contributed by atoms with van der Waals surface area (Å²) in [4.78, 5) is 27.9. The molecule has 0 saturated heterocycles.